The number of hydrogen-bond acceptors (Lipinski definition) is 6. The zero-order valence-corrected chi connectivity index (χ0v) is 12.8. The maximum absolute atomic E-state index is 12.1. The van der Waals surface area contributed by atoms with E-state index in [1.54, 1.807) is 36.1 Å². The second-order valence-electron chi connectivity index (χ2n) is 5.38. The molecule has 8 nitrogen and oxygen atoms in total. The molecule has 2 aromatic rings. The Morgan fingerprint density at radius 3 is 2.48 bits per heavy atom. The normalized spacial score (nSPS) is 15.4. The lowest BCUT2D eigenvalue weighted by atomic mass is 10.2. The summed E-state index contributed by atoms with van der Waals surface area (Å²) in [5, 5.41) is 10.9. The van der Waals surface area contributed by atoms with E-state index in [2.05, 4.69) is 15.5 Å². The number of tetrazole rings is 1. The Morgan fingerprint density at radius 1 is 1.17 bits per heavy atom. The summed E-state index contributed by atoms with van der Waals surface area (Å²) >= 11 is 0. The van der Waals surface area contributed by atoms with Crippen molar-refractivity contribution in [2.24, 2.45) is 0 Å². The van der Waals surface area contributed by atoms with Gasteiger partial charge in [0.25, 0.3) is 5.91 Å². The number of hydrogen-bond donors (Lipinski definition) is 0. The summed E-state index contributed by atoms with van der Waals surface area (Å²) < 4.78 is 6.74. The van der Waals surface area contributed by atoms with Gasteiger partial charge in [0.05, 0.1) is 11.3 Å². The molecule has 8 heteroatoms. The zero-order chi connectivity index (χ0) is 16.2. The Labute approximate surface area is 133 Å². The molecular formula is C15H17N5O3. The van der Waals surface area contributed by atoms with Crippen molar-refractivity contribution in [1.82, 2.24) is 25.1 Å². The first kappa shape index (κ1) is 15.1. The van der Waals surface area contributed by atoms with Crippen molar-refractivity contribution in [3.8, 4) is 5.69 Å². The summed E-state index contributed by atoms with van der Waals surface area (Å²) in [5.41, 5.74) is 1.11. The van der Waals surface area contributed by atoms with Gasteiger partial charge in [-0.25, -0.2) is 9.48 Å². The summed E-state index contributed by atoms with van der Waals surface area (Å²) in [7, 11) is 0. The van der Waals surface area contributed by atoms with Crippen LogP contribution in [0.2, 0.25) is 0 Å². The van der Waals surface area contributed by atoms with Crippen LogP contribution in [0.4, 0.5) is 0 Å². The van der Waals surface area contributed by atoms with Gasteiger partial charge in [-0.2, -0.15) is 0 Å². The number of esters is 1. The molecule has 23 heavy (non-hydrogen) atoms. The van der Waals surface area contributed by atoms with Crippen molar-refractivity contribution in [1.29, 1.82) is 0 Å². The van der Waals surface area contributed by atoms with E-state index >= 15 is 0 Å². The number of rotatable bonds is 4. The fraction of sp³-hybridized carbons (Fsp3) is 0.400. The number of carbonyl (C=O) groups excluding carboxylic acids is 2. The van der Waals surface area contributed by atoms with Crippen LogP contribution in [0.15, 0.2) is 30.6 Å². The number of nitrogens with zero attached hydrogens (tertiary/aromatic N) is 5. The van der Waals surface area contributed by atoms with Gasteiger partial charge in [0, 0.05) is 13.1 Å². The number of amides is 1. The SMILES string of the molecule is CC(OC(=O)c1ccc(-n2cnnn2)cc1)C(=O)N1CCCC1. The first-order valence-corrected chi connectivity index (χ1v) is 7.48. The van der Waals surface area contributed by atoms with Gasteiger partial charge < -0.3 is 9.64 Å². The van der Waals surface area contributed by atoms with Crippen LogP contribution in [-0.2, 0) is 9.53 Å². The van der Waals surface area contributed by atoms with Crippen LogP contribution in [0.3, 0.4) is 0 Å². The van der Waals surface area contributed by atoms with Crippen LogP contribution in [0.1, 0.15) is 30.1 Å². The molecule has 0 aliphatic carbocycles. The average molecular weight is 315 g/mol. The number of benzene rings is 1. The van der Waals surface area contributed by atoms with Gasteiger partial charge in [-0.05, 0) is 54.5 Å². The standard InChI is InChI=1S/C15H17N5O3/c1-11(14(21)19-8-2-3-9-19)23-15(22)12-4-6-13(7-5-12)20-10-16-17-18-20/h4-7,10-11H,2-3,8-9H2,1H3. The Morgan fingerprint density at radius 2 is 1.87 bits per heavy atom. The molecule has 0 bridgehead atoms. The number of ether oxygens (including phenoxy) is 1. The molecule has 1 aliphatic heterocycles. The third kappa shape index (κ3) is 3.36. The van der Waals surface area contributed by atoms with Gasteiger partial charge in [-0.1, -0.05) is 0 Å². The first-order chi connectivity index (χ1) is 11.1. The number of likely N-dealkylation sites (tertiary alicyclic amines) is 1. The van der Waals surface area contributed by atoms with Crippen LogP contribution in [-0.4, -0.2) is 56.2 Å². The van der Waals surface area contributed by atoms with Gasteiger partial charge in [-0.15, -0.1) is 5.10 Å². The topological polar surface area (TPSA) is 90.2 Å². The van der Waals surface area contributed by atoms with Gasteiger partial charge in [0.15, 0.2) is 6.10 Å². The zero-order valence-electron chi connectivity index (χ0n) is 12.8. The van der Waals surface area contributed by atoms with Crippen molar-refractivity contribution in [3.63, 3.8) is 0 Å². The van der Waals surface area contributed by atoms with E-state index in [0.717, 1.165) is 31.6 Å². The fourth-order valence-corrected chi connectivity index (χ4v) is 2.50. The van der Waals surface area contributed by atoms with Gasteiger partial charge in [-0.3, -0.25) is 4.79 Å². The summed E-state index contributed by atoms with van der Waals surface area (Å²) in [6.45, 7) is 3.08. The lowest BCUT2D eigenvalue weighted by molar-refractivity contribution is -0.138. The summed E-state index contributed by atoms with van der Waals surface area (Å²) in [6, 6.07) is 6.65. The molecule has 0 spiro atoms. The molecule has 1 saturated heterocycles. The monoisotopic (exact) mass is 315 g/mol. The smallest absolute Gasteiger partial charge is 0.338 e. The third-order valence-electron chi connectivity index (χ3n) is 3.77. The van der Waals surface area contributed by atoms with Crippen LogP contribution in [0.5, 0.6) is 0 Å². The number of carbonyl (C=O) groups is 2. The fourth-order valence-electron chi connectivity index (χ4n) is 2.50. The lowest BCUT2D eigenvalue weighted by Gasteiger charge is -2.20. The molecule has 1 fully saturated rings. The molecule has 1 amide bonds. The Bertz CT molecular complexity index is 678. The first-order valence-electron chi connectivity index (χ1n) is 7.48. The Balaban J connectivity index is 1.62. The summed E-state index contributed by atoms with van der Waals surface area (Å²) in [5.74, 6) is -0.658. The molecule has 0 radical (unpaired) electrons. The van der Waals surface area contributed by atoms with Gasteiger partial charge in [0.2, 0.25) is 0 Å². The Kier molecular flexibility index (Phi) is 4.31. The van der Waals surface area contributed by atoms with Crippen LogP contribution in [0, 0.1) is 0 Å². The van der Waals surface area contributed by atoms with E-state index in [9.17, 15) is 9.59 Å². The van der Waals surface area contributed by atoms with Crippen LogP contribution < -0.4 is 0 Å². The molecule has 1 aliphatic rings. The van der Waals surface area contributed by atoms with Gasteiger partial charge >= 0.3 is 5.97 Å². The highest BCUT2D eigenvalue weighted by Gasteiger charge is 2.26. The summed E-state index contributed by atoms with van der Waals surface area (Å²) in [6.07, 6.45) is 2.69. The van der Waals surface area contributed by atoms with E-state index < -0.39 is 12.1 Å². The van der Waals surface area contributed by atoms with E-state index in [-0.39, 0.29) is 5.91 Å². The highest BCUT2D eigenvalue weighted by atomic mass is 16.5. The van der Waals surface area contributed by atoms with Crippen molar-refractivity contribution in [3.05, 3.63) is 36.2 Å². The molecular weight excluding hydrogens is 298 g/mol. The molecule has 1 aromatic carbocycles. The molecule has 0 N–H and O–H groups in total. The largest absolute Gasteiger partial charge is 0.449 e. The molecule has 120 valence electrons. The van der Waals surface area contributed by atoms with Crippen molar-refractivity contribution < 1.29 is 14.3 Å². The second-order valence-corrected chi connectivity index (χ2v) is 5.38. The number of aromatic nitrogens is 4. The molecule has 1 aromatic heterocycles. The quantitative estimate of drug-likeness (QED) is 0.776. The maximum Gasteiger partial charge on any atom is 0.338 e. The van der Waals surface area contributed by atoms with Gasteiger partial charge in [0.1, 0.15) is 6.33 Å². The average Bonchev–Trinajstić information content (AvgIpc) is 3.27. The van der Waals surface area contributed by atoms with Crippen LogP contribution in [0.25, 0.3) is 5.69 Å². The molecule has 1 atom stereocenters. The Hall–Kier alpha value is -2.77. The van der Waals surface area contributed by atoms with Crippen molar-refractivity contribution in [2.75, 3.05) is 13.1 Å². The predicted octanol–water partition coefficient (Wildman–Crippen LogP) is 0.830. The maximum atomic E-state index is 12.1. The van der Waals surface area contributed by atoms with Crippen molar-refractivity contribution in [2.45, 2.75) is 25.9 Å². The van der Waals surface area contributed by atoms with E-state index in [0.29, 0.717) is 5.56 Å². The third-order valence-corrected chi connectivity index (χ3v) is 3.77. The highest BCUT2D eigenvalue weighted by molar-refractivity contribution is 5.92. The molecule has 3 rings (SSSR count). The molecule has 2 heterocycles. The van der Waals surface area contributed by atoms with Crippen molar-refractivity contribution >= 4 is 11.9 Å². The minimum absolute atomic E-state index is 0.138. The summed E-state index contributed by atoms with van der Waals surface area (Å²) in [4.78, 5) is 26.0. The molecule has 1 unspecified atom stereocenters. The second kappa shape index (κ2) is 6.55. The van der Waals surface area contributed by atoms with E-state index in [4.69, 9.17) is 4.74 Å². The van der Waals surface area contributed by atoms with E-state index in [1.807, 2.05) is 0 Å². The minimum Gasteiger partial charge on any atom is -0.449 e. The van der Waals surface area contributed by atoms with Crippen LogP contribution >= 0.6 is 0 Å². The van der Waals surface area contributed by atoms with E-state index in [1.165, 1.54) is 11.0 Å². The highest BCUT2D eigenvalue weighted by Crippen LogP contribution is 2.13. The molecule has 0 saturated carbocycles. The lowest BCUT2D eigenvalue weighted by Crippen LogP contribution is -2.38. The minimum atomic E-state index is -0.778. The predicted molar refractivity (Wildman–Crippen MR) is 79.8 cm³/mol.